The van der Waals surface area contributed by atoms with Crippen LogP contribution in [0.1, 0.15) is 30.5 Å². The van der Waals surface area contributed by atoms with Gasteiger partial charge in [-0.15, -0.1) is 11.8 Å². The number of nitro benzene ring substituents is 1. The van der Waals surface area contributed by atoms with E-state index in [-0.39, 0.29) is 12.0 Å². The van der Waals surface area contributed by atoms with Crippen LogP contribution in [0.5, 0.6) is 17.2 Å². The summed E-state index contributed by atoms with van der Waals surface area (Å²) in [6, 6.07) is 11.3. The molecular formula is C28H30N2O8S2. The maximum atomic E-state index is 14.1. The number of benzene rings is 2. The predicted molar refractivity (Wildman–Crippen MR) is 153 cm³/mol. The maximum absolute atomic E-state index is 14.1. The predicted octanol–water partition coefficient (Wildman–Crippen LogP) is 5.07. The largest absolute Gasteiger partial charge is 0.493 e. The number of hydrogen-bond donors (Lipinski definition) is 0. The number of ether oxygens (including phenoxy) is 3. The molecule has 10 nitrogen and oxygen atoms in total. The summed E-state index contributed by atoms with van der Waals surface area (Å²) in [6.45, 7) is 1.69. The molecule has 0 radical (unpaired) electrons. The third-order valence-electron chi connectivity index (χ3n) is 7.00. The molecule has 0 saturated carbocycles. The maximum Gasteiger partial charge on any atom is 0.289 e. The van der Waals surface area contributed by atoms with Crippen molar-refractivity contribution in [2.75, 3.05) is 34.1 Å². The highest BCUT2D eigenvalue weighted by Crippen LogP contribution is 2.51. The Morgan fingerprint density at radius 3 is 2.35 bits per heavy atom. The molecule has 3 aromatic rings. The van der Waals surface area contributed by atoms with Gasteiger partial charge in [-0.2, -0.15) is 4.31 Å². The fourth-order valence-corrected chi connectivity index (χ4v) is 7.52. The average Bonchev–Trinajstić information content (AvgIpc) is 3.20. The van der Waals surface area contributed by atoms with Crippen molar-refractivity contribution in [3.63, 3.8) is 0 Å². The molecule has 0 heterocycles. The summed E-state index contributed by atoms with van der Waals surface area (Å²) in [6.07, 6.45) is 2.49. The lowest BCUT2D eigenvalue weighted by molar-refractivity contribution is -0.387. The Kier molecular flexibility index (Phi) is 8.71. The molecule has 1 aliphatic carbocycles. The Labute approximate surface area is 237 Å². The van der Waals surface area contributed by atoms with E-state index in [1.165, 1.54) is 67.7 Å². The molecule has 0 aromatic heterocycles. The van der Waals surface area contributed by atoms with Crippen molar-refractivity contribution in [1.82, 2.24) is 4.31 Å². The van der Waals surface area contributed by atoms with E-state index in [1.807, 2.05) is 6.07 Å². The zero-order chi connectivity index (χ0) is 29.2. The Morgan fingerprint density at radius 2 is 1.75 bits per heavy atom. The van der Waals surface area contributed by atoms with Gasteiger partial charge in [-0.05, 0) is 60.1 Å². The fraction of sp³-hybridized carbons (Fsp3) is 0.321. The molecule has 0 spiro atoms. The van der Waals surface area contributed by atoms with E-state index in [0.717, 1.165) is 5.56 Å². The van der Waals surface area contributed by atoms with Crippen LogP contribution < -0.4 is 19.6 Å². The third kappa shape index (κ3) is 5.02. The minimum atomic E-state index is -4.36. The molecule has 0 aliphatic heterocycles. The summed E-state index contributed by atoms with van der Waals surface area (Å²) in [7, 11) is 0.161. The first kappa shape index (κ1) is 29.4. The quantitative estimate of drug-likeness (QED) is 0.192. The van der Waals surface area contributed by atoms with Crippen LogP contribution in [-0.2, 0) is 16.4 Å². The van der Waals surface area contributed by atoms with Crippen LogP contribution in [0.2, 0.25) is 0 Å². The van der Waals surface area contributed by atoms with Gasteiger partial charge in [-0.1, -0.05) is 25.1 Å². The highest BCUT2D eigenvalue weighted by Gasteiger charge is 2.39. The van der Waals surface area contributed by atoms with Crippen LogP contribution in [-0.4, -0.2) is 51.8 Å². The average molecular weight is 587 g/mol. The zero-order valence-electron chi connectivity index (χ0n) is 22.8. The molecule has 212 valence electrons. The topological polar surface area (TPSA) is 125 Å². The van der Waals surface area contributed by atoms with Crippen molar-refractivity contribution in [2.24, 2.45) is 0 Å². The number of nitro groups is 1. The van der Waals surface area contributed by atoms with Gasteiger partial charge in [0, 0.05) is 18.2 Å². The molecule has 0 amide bonds. The van der Waals surface area contributed by atoms with Crippen LogP contribution >= 0.6 is 11.8 Å². The Bertz CT molecular complexity index is 1630. The number of hydrogen-bond acceptors (Lipinski definition) is 9. The fourth-order valence-electron chi connectivity index (χ4n) is 5.26. The molecule has 0 saturated heterocycles. The second-order valence-electron chi connectivity index (χ2n) is 8.95. The van der Waals surface area contributed by atoms with Gasteiger partial charge in [0.1, 0.15) is 0 Å². The summed E-state index contributed by atoms with van der Waals surface area (Å²) in [5.74, 6) is 1.22. The SMILES string of the molecule is CCN([C@H]1CCc2cc(OC)c(OC)c(OC)c2-c2ccc(SC)c(=O)cc21)S(=O)(=O)c1ccccc1[N+](=O)[O-]. The summed E-state index contributed by atoms with van der Waals surface area (Å²) in [5.41, 5.74) is 1.78. The number of para-hydroxylation sites is 1. The Morgan fingerprint density at radius 1 is 1.05 bits per heavy atom. The normalized spacial score (nSPS) is 14.6. The van der Waals surface area contributed by atoms with E-state index >= 15 is 0 Å². The van der Waals surface area contributed by atoms with Gasteiger partial charge in [0.25, 0.3) is 5.69 Å². The molecule has 1 aliphatic rings. The van der Waals surface area contributed by atoms with Crippen molar-refractivity contribution >= 4 is 27.5 Å². The lowest BCUT2D eigenvalue weighted by Gasteiger charge is -2.30. The van der Waals surface area contributed by atoms with Crippen LogP contribution in [0.4, 0.5) is 5.69 Å². The molecule has 40 heavy (non-hydrogen) atoms. The summed E-state index contributed by atoms with van der Waals surface area (Å²) < 4.78 is 46.4. The molecule has 4 rings (SSSR count). The monoisotopic (exact) mass is 586 g/mol. The van der Waals surface area contributed by atoms with Crippen molar-refractivity contribution in [2.45, 2.75) is 35.6 Å². The van der Waals surface area contributed by atoms with Gasteiger partial charge in [0.2, 0.25) is 15.8 Å². The van der Waals surface area contributed by atoms with E-state index < -0.39 is 31.6 Å². The lowest BCUT2D eigenvalue weighted by Crippen LogP contribution is -2.35. The smallest absolute Gasteiger partial charge is 0.289 e. The van der Waals surface area contributed by atoms with E-state index in [0.29, 0.717) is 51.7 Å². The number of thioether (sulfide) groups is 1. The molecule has 0 fully saturated rings. The van der Waals surface area contributed by atoms with E-state index in [1.54, 1.807) is 25.3 Å². The highest BCUT2D eigenvalue weighted by molar-refractivity contribution is 7.98. The van der Waals surface area contributed by atoms with Crippen LogP contribution in [0.15, 0.2) is 63.1 Å². The van der Waals surface area contributed by atoms with Gasteiger partial charge in [0.15, 0.2) is 21.8 Å². The summed E-state index contributed by atoms with van der Waals surface area (Å²) in [5, 5.41) is 11.7. The number of nitrogens with zero attached hydrogens (tertiary/aromatic N) is 2. The number of rotatable bonds is 9. The second kappa shape index (κ2) is 11.9. The summed E-state index contributed by atoms with van der Waals surface area (Å²) in [4.78, 5) is 24.4. The van der Waals surface area contributed by atoms with Crippen LogP contribution in [0, 0.1) is 10.1 Å². The van der Waals surface area contributed by atoms with E-state index in [4.69, 9.17) is 14.2 Å². The van der Waals surface area contributed by atoms with Gasteiger partial charge in [-0.25, -0.2) is 8.42 Å². The molecule has 0 unspecified atom stereocenters. The zero-order valence-corrected chi connectivity index (χ0v) is 24.4. The Balaban J connectivity index is 2.06. The third-order valence-corrected chi connectivity index (χ3v) is 9.81. The van der Waals surface area contributed by atoms with Crippen molar-refractivity contribution in [3.8, 4) is 28.4 Å². The van der Waals surface area contributed by atoms with Crippen LogP contribution in [0.25, 0.3) is 11.1 Å². The first-order valence-corrected chi connectivity index (χ1v) is 15.1. The number of methoxy groups -OCH3 is 3. The van der Waals surface area contributed by atoms with Gasteiger partial charge in [-0.3, -0.25) is 14.9 Å². The molecule has 3 aromatic carbocycles. The molecule has 0 N–H and O–H groups in total. The standard InChI is InChI=1S/C28H30N2O8S2/c1-6-29(40(34,35)25-10-8-7-9-21(25)30(32)33)20-13-11-17-15-23(36-2)27(37-3)28(38-4)26(17)18-12-14-24(39-5)22(31)16-19(18)20/h7-10,12,14-16,20H,6,11,13H2,1-5H3/t20-/m0/s1. The van der Waals surface area contributed by atoms with Crippen LogP contribution in [0.3, 0.4) is 0 Å². The van der Waals surface area contributed by atoms with Crippen molar-refractivity contribution in [3.05, 3.63) is 80.0 Å². The number of sulfonamides is 1. The van der Waals surface area contributed by atoms with E-state index in [2.05, 4.69) is 0 Å². The lowest BCUT2D eigenvalue weighted by atomic mass is 9.95. The minimum Gasteiger partial charge on any atom is -0.493 e. The van der Waals surface area contributed by atoms with Gasteiger partial charge in [0.05, 0.1) is 37.2 Å². The number of fused-ring (bicyclic) bond motifs is 3. The summed E-state index contributed by atoms with van der Waals surface area (Å²) >= 11 is 1.29. The Hall–Kier alpha value is -3.61. The number of aryl methyl sites for hydroxylation is 1. The second-order valence-corrected chi connectivity index (χ2v) is 11.7. The minimum absolute atomic E-state index is 0.0147. The van der Waals surface area contributed by atoms with Gasteiger partial charge >= 0.3 is 0 Å². The highest BCUT2D eigenvalue weighted by atomic mass is 32.2. The van der Waals surface area contributed by atoms with E-state index in [9.17, 15) is 23.3 Å². The van der Waals surface area contributed by atoms with Crippen molar-refractivity contribution < 1.29 is 27.6 Å². The first-order valence-electron chi connectivity index (χ1n) is 12.4. The molecular weight excluding hydrogens is 556 g/mol. The molecule has 12 heteroatoms. The molecule has 1 atom stereocenters. The molecule has 0 bridgehead atoms. The van der Waals surface area contributed by atoms with Crippen molar-refractivity contribution in [1.29, 1.82) is 0 Å². The van der Waals surface area contributed by atoms with Gasteiger partial charge < -0.3 is 14.2 Å². The first-order chi connectivity index (χ1) is 19.1.